The molecule has 1 aromatic rings. The number of halogens is 3. The van der Waals surface area contributed by atoms with Gasteiger partial charge in [-0.2, -0.15) is 0 Å². The predicted octanol–water partition coefficient (Wildman–Crippen LogP) is 3.63. The smallest absolute Gasteiger partial charge is 0.406 e. The number of hydrogen-bond donors (Lipinski definition) is 1. The molecule has 3 nitrogen and oxygen atoms in total. The number of nitrogens with one attached hydrogen (secondary N) is 1. The van der Waals surface area contributed by atoms with E-state index in [9.17, 15) is 13.2 Å². The number of benzene rings is 1. The molecule has 0 saturated carbocycles. The van der Waals surface area contributed by atoms with Crippen LogP contribution in [0.4, 0.5) is 13.2 Å². The quantitative estimate of drug-likeness (QED) is 0.814. The number of alkyl halides is 3. The van der Waals surface area contributed by atoms with Gasteiger partial charge >= 0.3 is 6.36 Å². The van der Waals surface area contributed by atoms with E-state index in [-0.39, 0.29) is 5.75 Å². The van der Waals surface area contributed by atoms with E-state index in [1.807, 2.05) is 0 Å². The third kappa shape index (κ3) is 6.35. The lowest BCUT2D eigenvalue weighted by molar-refractivity contribution is -0.274. The topological polar surface area (TPSA) is 30.5 Å². The second kappa shape index (κ2) is 7.66. The average Bonchev–Trinajstić information content (AvgIpc) is 2.45. The fourth-order valence-electron chi connectivity index (χ4n) is 2.34. The number of rotatable bonds is 6. The van der Waals surface area contributed by atoms with Crippen molar-refractivity contribution < 1.29 is 22.6 Å². The summed E-state index contributed by atoms with van der Waals surface area (Å²) in [6, 6.07) is 5.92. The van der Waals surface area contributed by atoms with Gasteiger partial charge in [-0.15, -0.1) is 13.2 Å². The molecule has 118 valence electrons. The van der Waals surface area contributed by atoms with Crippen LogP contribution >= 0.6 is 0 Å². The van der Waals surface area contributed by atoms with Crippen LogP contribution in [0, 0.1) is 0 Å². The highest BCUT2D eigenvalue weighted by Gasteiger charge is 2.30. The van der Waals surface area contributed by atoms with Crippen LogP contribution in [0.3, 0.4) is 0 Å². The van der Waals surface area contributed by atoms with Crippen LogP contribution in [0.15, 0.2) is 24.3 Å². The summed E-state index contributed by atoms with van der Waals surface area (Å²) in [6.07, 6.45) is 0.163. The van der Waals surface area contributed by atoms with Crippen molar-refractivity contribution >= 4 is 0 Å². The molecule has 0 radical (unpaired) electrons. The van der Waals surface area contributed by atoms with Crippen molar-refractivity contribution in [3.63, 3.8) is 0 Å². The van der Waals surface area contributed by atoms with Crippen LogP contribution < -0.4 is 10.1 Å². The van der Waals surface area contributed by atoms with Crippen LogP contribution in [0.2, 0.25) is 0 Å². The van der Waals surface area contributed by atoms with Crippen LogP contribution in [-0.2, 0) is 11.3 Å². The summed E-state index contributed by atoms with van der Waals surface area (Å²) < 4.78 is 45.5. The molecular formula is C15H20F3NO2. The summed E-state index contributed by atoms with van der Waals surface area (Å²) in [7, 11) is 0. The Labute approximate surface area is 122 Å². The maximum atomic E-state index is 12.0. The van der Waals surface area contributed by atoms with Gasteiger partial charge in [-0.05, 0) is 49.9 Å². The molecule has 0 spiro atoms. The van der Waals surface area contributed by atoms with Crippen LogP contribution in [0.25, 0.3) is 0 Å². The molecule has 1 N–H and O–H groups in total. The number of ether oxygens (including phenoxy) is 2. The molecule has 2 rings (SSSR count). The van der Waals surface area contributed by atoms with Gasteiger partial charge in [0.2, 0.25) is 0 Å². The van der Waals surface area contributed by atoms with Crippen LogP contribution in [-0.4, -0.2) is 25.6 Å². The zero-order valence-electron chi connectivity index (χ0n) is 11.8. The average molecular weight is 303 g/mol. The van der Waals surface area contributed by atoms with Gasteiger partial charge in [-0.3, -0.25) is 0 Å². The Hall–Kier alpha value is -1.27. The summed E-state index contributed by atoms with van der Waals surface area (Å²) in [5.74, 6) is -0.193. The minimum Gasteiger partial charge on any atom is -0.406 e. The highest BCUT2D eigenvalue weighted by molar-refractivity contribution is 5.27. The lowest BCUT2D eigenvalue weighted by atomic mass is 10.1. The summed E-state index contributed by atoms with van der Waals surface area (Å²) in [6.45, 7) is 2.32. The first-order valence-corrected chi connectivity index (χ1v) is 7.20. The zero-order chi connectivity index (χ0) is 15.1. The highest BCUT2D eigenvalue weighted by Crippen LogP contribution is 2.22. The molecule has 0 amide bonds. The first kappa shape index (κ1) is 16.1. The van der Waals surface area contributed by atoms with Crippen molar-refractivity contribution in [1.82, 2.24) is 5.32 Å². The normalized spacial score (nSPS) is 19.5. The van der Waals surface area contributed by atoms with E-state index in [0.717, 1.165) is 38.0 Å². The molecule has 1 atom stereocenters. The van der Waals surface area contributed by atoms with E-state index in [4.69, 9.17) is 4.74 Å². The molecule has 0 bridgehead atoms. The fourth-order valence-corrected chi connectivity index (χ4v) is 2.34. The Balaban J connectivity index is 1.66. The van der Waals surface area contributed by atoms with Gasteiger partial charge in [0, 0.05) is 13.2 Å². The van der Waals surface area contributed by atoms with Gasteiger partial charge in [-0.25, -0.2) is 0 Å². The Bertz CT molecular complexity index is 414. The van der Waals surface area contributed by atoms with Crippen molar-refractivity contribution in [3.05, 3.63) is 29.8 Å². The molecule has 1 aromatic carbocycles. The molecule has 0 aromatic heterocycles. The van der Waals surface area contributed by atoms with E-state index >= 15 is 0 Å². The maximum Gasteiger partial charge on any atom is 0.573 e. The molecule has 1 aliphatic rings. The van der Waals surface area contributed by atoms with E-state index in [2.05, 4.69) is 10.1 Å². The van der Waals surface area contributed by atoms with Crippen molar-refractivity contribution in [2.75, 3.05) is 13.2 Å². The standard InChI is InChI=1S/C15H20F3NO2/c16-15(17,18)21-14-6-4-12(5-7-14)11-19-9-8-13-3-1-2-10-20-13/h4-7,13,19H,1-3,8-11H2. The molecule has 0 aliphatic carbocycles. The van der Waals surface area contributed by atoms with Crippen molar-refractivity contribution in [2.45, 2.75) is 44.7 Å². The second-order valence-electron chi connectivity index (χ2n) is 5.15. The molecular weight excluding hydrogens is 283 g/mol. The van der Waals surface area contributed by atoms with E-state index in [0.29, 0.717) is 12.6 Å². The largest absolute Gasteiger partial charge is 0.573 e. The van der Waals surface area contributed by atoms with Crippen LogP contribution in [0.5, 0.6) is 5.75 Å². The van der Waals surface area contributed by atoms with Gasteiger partial charge < -0.3 is 14.8 Å². The summed E-state index contributed by atoms with van der Waals surface area (Å²) in [4.78, 5) is 0. The van der Waals surface area contributed by atoms with E-state index < -0.39 is 6.36 Å². The second-order valence-corrected chi connectivity index (χ2v) is 5.15. The van der Waals surface area contributed by atoms with Crippen LogP contribution in [0.1, 0.15) is 31.2 Å². The first-order valence-electron chi connectivity index (χ1n) is 7.20. The fraction of sp³-hybridized carbons (Fsp3) is 0.600. The molecule has 6 heteroatoms. The summed E-state index contributed by atoms with van der Waals surface area (Å²) >= 11 is 0. The lowest BCUT2D eigenvalue weighted by Crippen LogP contribution is -2.25. The summed E-state index contributed by atoms with van der Waals surface area (Å²) in [5.41, 5.74) is 0.925. The molecule has 1 heterocycles. The Morgan fingerprint density at radius 1 is 1.19 bits per heavy atom. The van der Waals surface area contributed by atoms with Gasteiger partial charge in [0.25, 0.3) is 0 Å². The lowest BCUT2D eigenvalue weighted by Gasteiger charge is -2.22. The maximum absolute atomic E-state index is 12.0. The summed E-state index contributed by atoms with van der Waals surface area (Å²) in [5, 5.41) is 3.27. The molecule has 1 unspecified atom stereocenters. The van der Waals surface area contributed by atoms with Crippen molar-refractivity contribution in [1.29, 1.82) is 0 Å². The SMILES string of the molecule is FC(F)(F)Oc1ccc(CNCCC2CCCCO2)cc1. The molecule has 1 saturated heterocycles. The Morgan fingerprint density at radius 2 is 1.95 bits per heavy atom. The first-order chi connectivity index (χ1) is 10.0. The highest BCUT2D eigenvalue weighted by atomic mass is 19.4. The minimum atomic E-state index is -4.64. The third-order valence-electron chi connectivity index (χ3n) is 3.40. The van der Waals surface area contributed by atoms with Gasteiger partial charge in [0.05, 0.1) is 6.10 Å². The Morgan fingerprint density at radius 3 is 2.57 bits per heavy atom. The van der Waals surface area contributed by atoms with E-state index in [1.54, 1.807) is 12.1 Å². The zero-order valence-corrected chi connectivity index (χ0v) is 11.8. The van der Waals surface area contributed by atoms with Gasteiger partial charge in [-0.1, -0.05) is 12.1 Å². The predicted molar refractivity (Wildman–Crippen MR) is 73.0 cm³/mol. The molecule has 1 aliphatic heterocycles. The Kier molecular flexibility index (Phi) is 5.87. The van der Waals surface area contributed by atoms with Crippen molar-refractivity contribution in [2.24, 2.45) is 0 Å². The van der Waals surface area contributed by atoms with E-state index in [1.165, 1.54) is 18.6 Å². The minimum absolute atomic E-state index is 0.193. The van der Waals surface area contributed by atoms with Gasteiger partial charge in [0.15, 0.2) is 0 Å². The molecule has 1 fully saturated rings. The van der Waals surface area contributed by atoms with Gasteiger partial charge in [0.1, 0.15) is 5.75 Å². The third-order valence-corrected chi connectivity index (χ3v) is 3.40. The number of hydrogen-bond acceptors (Lipinski definition) is 3. The van der Waals surface area contributed by atoms with Crippen molar-refractivity contribution in [3.8, 4) is 5.75 Å². The molecule has 21 heavy (non-hydrogen) atoms. The monoisotopic (exact) mass is 303 g/mol.